The summed E-state index contributed by atoms with van der Waals surface area (Å²) in [5.74, 6) is 2.77. The molecule has 1 fully saturated rings. The number of carbonyl (C=O) groups is 1. The Hall–Kier alpha value is -2.89. The predicted octanol–water partition coefficient (Wildman–Crippen LogP) is 4.09. The predicted molar refractivity (Wildman–Crippen MR) is 107 cm³/mol. The Kier molecular flexibility index (Phi) is 5.55. The van der Waals surface area contributed by atoms with Gasteiger partial charge in [-0.2, -0.15) is 0 Å². The number of urea groups is 1. The maximum absolute atomic E-state index is 12.6. The first-order valence-corrected chi connectivity index (χ1v) is 9.82. The second kappa shape index (κ2) is 8.42. The van der Waals surface area contributed by atoms with Gasteiger partial charge in [0.05, 0.1) is 6.61 Å². The molecule has 28 heavy (non-hydrogen) atoms. The molecule has 0 radical (unpaired) electrons. The first-order valence-electron chi connectivity index (χ1n) is 9.82. The maximum Gasteiger partial charge on any atom is 0.321 e. The summed E-state index contributed by atoms with van der Waals surface area (Å²) in [6.07, 6.45) is 1.95. The van der Waals surface area contributed by atoms with Crippen LogP contribution in [0.1, 0.15) is 18.4 Å². The number of hydrogen-bond acceptors (Lipinski definition) is 4. The van der Waals surface area contributed by atoms with Crippen LogP contribution >= 0.6 is 0 Å². The summed E-state index contributed by atoms with van der Waals surface area (Å²) < 4.78 is 16.9. The van der Waals surface area contributed by atoms with Crippen molar-refractivity contribution in [3.63, 3.8) is 0 Å². The molecule has 0 bridgehead atoms. The van der Waals surface area contributed by atoms with Crippen LogP contribution < -0.4 is 19.5 Å². The van der Waals surface area contributed by atoms with Crippen LogP contribution in [0.3, 0.4) is 0 Å². The van der Waals surface area contributed by atoms with Crippen LogP contribution in [0.4, 0.5) is 10.5 Å². The molecular weight excluding hydrogens is 356 g/mol. The molecule has 2 aromatic carbocycles. The lowest BCUT2D eigenvalue weighted by molar-refractivity contribution is 0.171. The van der Waals surface area contributed by atoms with Gasteiger partial charge in [-0.05, 0) is 49.9 Å². The van der Waals surface area contributed by atoms with Crippen molar-refractivity contribution < 1.29 is 19.0 Å². The number of aryl methyl sites for hydroxylation is 1. The highest BCUT2D eigenvalue weighted by atomic mass is 16.6. The van der Waals surface area contributed by atoms with E-state index in [1.54, 1.807) is 0 Å². The number of likely N-dealkylation sites (tertiary alicyclic amines) is 1. The standard InChI is InChI=1S/C22H26N2O4/c1-16-2-5-19(6-3-16)26-11-9-17-8-10-24(15-17)22(25)23-18-4-7-20-21(14-18)28-13-12-27-20/h2-7,14,17H,8-13,15H2,1H3,(H,23,25). The van der Waals surface area contributed by atoms with Gasteiger partial charge in [-0.1, -0.05) is 17.7 Å². The fraction of sp³-hybridized carbons (Fsp3) is 0.409. The molecule has 0 saturated carbocycles. The van der Waals surface area contributed by atoms with Crippen molar-refractivity contribution in [3.8, 4) is 17.2 Å². The summed E-state index contributed by atoms with van der Waals surface area (Å²) in [5.41, 5.74) is 1.95. The molecule has 2 heterocycles. The van der Waals surface area contributed by atoms with Gasteiger partial charge in [0.1, 0.15) is 19.0 Å². The van der Waals surface area contributed by atoms with Crippen molar-refractivity contribution in [1.29, 1.82) is 0 Å². The fourth-order valence-corrected chi connectivity index (χ4v) is 3.55. The Morgan fingerprint density at radius 3 is 2.75 bits per heavy atom. The molecule has 148 valence electrons. The molecule has 1 N–H and O–H groups in total. The highest BCUT2D eigenvalue weighted by molar-refractivity contribution is 5.90. The number of rotatable bonds is 5. The molecule has 1 atom stereocenters. The van der Waals surface area contributed by atoms with Crippen molar-refractivity contribution in [1.82, 2.24) is 4.90 Å². The Balaban J connectivity index is 1.23. The lowest BCUT2D eigenvalue weighted by Crippen LogP contribution is -2.33. The van der Waals surface area contributed by atoms with Gasteiger partial charge in [-0.25, -0.2) is 4.79 Å². The van der Waals surface area contributed by atoms with Gasteiger partial charge in [0.15, 0.2) is 11.5 Å². The number of nitrogens with zero attached hydrogens (tertiary/aromatic N) is 1. The first kappa shape index (κ1) is 18.5. The number of hydrogen-bond donors (Lipinski definition) is 1. The van der Waals surface area contributed by atoms with Gasteiger partial charge in [0.2, 0.25) is 0 Å². The Labute approximate surface area is 165 Å². The molecule has 0 spiro atoms. The second-order valence-corrected chi connectivity index (χ2v) is 7.34. The van der Waals surface area contributed by atoms with Gasteiger partial charge in [-0.3, -0.25) is 0 Å². The van der Waals surface area contributed by atoms with Crippen LogP contribution in [0.2, 0.25) is 0 Å². The van der Waals surface area contributed by atoms with E-state index in [0.29, 0.717) is 31.5 Å². The molecule has 1 saturated heterocycles. The average molecular weight is 382 g/mol. The summed E-state index contributed by atoms with van der Waals surface area (Å²) in [5, 5.41) is 2.96. The summed E-state index contributed by atoms with van der Waals surface area (Å²) in [6, 6.07) is 13.5. The Morgan fingerprint density at radius 1 is 1.14 bits per heavy atom. The minimum Gasteiger partial charge on any atom is -0.494 e. The maximum atomic E-state index is 12.6. The Bertz CT molecular complexity index is 822. The van der Waals surface area contributed by atoms with E-state index in [9.17, 15) is 4.79 Å². The van der Waals surface area contributed by atoms with Gasteiger partial charge >= 0.3 is 6.03 Å². The number of fused-ring (bicyclic) bond motifs is 1. The second-order valence-electron chi connectivity index (χ2n) is 7.34. The van der Waals surface area contributed by atoms with E-state index in [4.69, 9.17) is 14.2 Å². The quantitative estimate of drug-likeness (QED) is 0.846. The highest BCUT2D eigenvalue weighted by Crippen LogP contribution is 2.33. The third kappa shape index (κ3) is 4.50. The number of benzene rings is 2. The van der Waals surface area contributed by atoms with Crippen molar-refractivity contribution in [3.05, 3.63) is 48.0 Å². The van der Waals surface area contributed by atoms with Crippen LogP contribution in [-0.4, -0.2) is 43.8 Å². The summed E-state index contributed by atoms with van der Waals surface area (Å²) in [6.45, 7) is 5.35. The lowest BCUT2D eigenvalue weighted by atomic mass is 10.1. The molecule has 2 aliphatic rings. The minimum atomic E-state index is -0.0707. The average Bonchev–Trinajstić information content (AvgIpc) is 3.18. The highest BCUT2D eigenvalue weighted by Gasteiger charge is 2.26. The van der Waals surface area contributed by atoms with Crippen molar-refractivity contribution >= 4 is 11.7 Å². The van der Waals surface area contributed by atoms with E-state index in [1.165, 1.54) is 5.56 Å². The van der Waals surface area contributed by atoms with Gasteiger partial charge in [0.25, 0.3) is 0 Å². The fourth-order valence-electron chi connectivity index (χ4n) is 3.55. The smallest absolute Gasteiger partial charge is 0.321 e. The Morgan fingerprint density at radius 2 is 1.93 bits per heavy atom. The van der Waals surface area contributed by atoms with E-state index >= 15 is 0 Å². The molecular formula is C22H26N2O4. The lowest BCUT2D eigenvalue weighted by Gasteiger charge is -2.21. The van der Waals surface area contributed by atoms with Crippen LogP contribution in [-0.2, 0) is 0 Å². The molecule has 1 unspecified atom stereocenters. The molecule has 6 heteroatoms. The van der Waals surface area contributed by atoms with Crippen molar-refractivity contribution in [2.24, 2.45) is 5.92 Å². The molecule has 2 aliphatic heterocycles. The van der Waals surface area contributed by atoms with E-state index in [2.05, 4.69) is 24.4 Å². The van der Waals surface area contributed by atoms with Gasteiger partial charge < -0.3 is 24.4 Å². The molecule has 0 aliphatic carbocycles. The topological polar surface area (TPSA) is 60.0 Å². The zero-order chi connectivity index (χ0) is 19.3. The SMILES string of the molecule is Cc1ccc(OCCC2CCN(C(=O)Nc3ccc4c(c3)OCCO4)C2)cc1. The molecule has 2 aromatic rings. The number of nitrogens with one attached hydrogen (secondary N) is 1. The molecule has 6 nitrogen and oxygen atoms in total. The zero-order valence-corrected chi connectivity index (χ0v) is 16.1. The summed E-state index contributed by atoms with van der Waals surface area (Å²) >= 11 is 0. The first-order chi connectivity index (χ1) is 13.7. The summed E-state index contributed by atoms with van der Waals surface area (Å²) in [7, 11) is 0. The molecule has 0 aromatic heterocycles. The van der Waals surface area contributed by atoms with Crippen molar-refractivity contribution in [2.45, 2.75) is 19.8 Å². The van der Waals surface area contributed by atoms with E-state index < -0.39 is 0 Å². The number of anilines is 1. The largest absolute Gasteiger partial charge is 0.494 e. The van der Waals surface area contributed by atoms with E-state index in [1.807, 2.05) is 35.2 Å². The van der Waals surface area contributed by atoms with E-state index in [-0.39, 0.29) is 6.03 Å². The van der Waals surface area contributed by atoms with Crippen LogP contribution in [0.5, 0.6) is 17.2 Å². The van der Waals surface area contributed by atoms with Gasteiger partial charge in [-0.15, -0.1) is 0 Å². The third-order valence-electron chi connectivity index (χ3n) is 5.18. The van der Waals surface area contributed by atoms with Crippen LogP contribution in [0.25, 0.3) is 0 Å². The molecule has 2 amide bonds. The van der Waals surface area contributed by atoms with Gasteiger partial charge in [0, 0.05) is 24.8 Å². The number of ether oxygens (including phenoxy) is 3. The monoisotopic (exact) mass is 382 g/mol. The van der Waals surface area contributed by atoms with Crippen LogP contribution in [0.15, 0.2) is 42.5 Å². The van der Waals surface area contributed by atoms with Crippen LogP contribution in [0, 0.1) is 12.8 Å². The summed E-state index contributed by atoms with van der Waals surface area (Å²) in [4.78, 5) is 14.4. The van der Waals surface area contributed by atoms with Crippen molar-refractivity contribution in [2.75, 3.05) is 38.2 Å². The minimum absolute atomic E-state index is 0.0707. The third-order valence-corrected chi connectivity index (χ3v) is 5.18. The molecule has 4 rings (SSSR count). The number of carbonyl (C=O) groups excluding carboxylic acids is 1. The van der Waals surface area contributed by atoms with E-state index in [0.717, 1.165) is 43.1 Å². The number of amides is 2. The zero-order valence-electron chi connectivity index (χ0n) is 16.1. The normalized spacial score (nSPS) is 18.0.